The highest BCUT2D eigenvalue weighted by Crippen LogP contribution is 2.12. The summed E-state index contributed by atoms with van der Waals surface area (Å²) in [6.45, 7) is 1.65. The van der Waals surface area contributed by atoms with Gasteiger partial charge >= 0.3 is 0 Å². The maximum Gasteiger partial charge on any atom is 0.239 e. The minimum Gasteiger partial charge on any atom is -0.339 e. The number of rotatable bonds is 3. The largest absolute Gasteiger partial charge is 0.339 e. The van der Waals surface area contributed by atoms with E-state index < -0.39 is 36.8 Å². The van der Waals surface area contributed by atoms with Gasteiger partial charge < -0.3 is 4.90 Å². The zero-order valence-electron chi connectivity index (χ0n) is 10.7. The number of amides is 1. The van der Waals surface area contributed by atoms with Crippen LogP contribution in [-0.4, -0.2) is 75.9 Å². The van der Waals surface area contributed by atoms with Gasteiger partial charge in [-0.25, -0.2) is 21.1 Å². The normalized spacial score (nSPS) is 24.2. The molecule has 9 heteroatoms. The highest BCUT2D eigenvalue weighted by atomic mass is 32.2. The summed E-state index contributed by atoms with van der Waals surface area (Å²) < 4.78 is 47.0. The highest BCUT2D eigenvalue weighted by molar-refractivity contribution is 7.92. The standard InChI is InChI=1S/C9H18N2O5S2/c1-8-6-11(4-5-17(8,13)14)9(12)7-18(15,16)10(2)3/h8H,4-7H2,1-3H3. The third-order valence-corrected chi connectivity index (χ3v) is 6.80. The summed E-state index contributed by atoms with van der Waals surface area (Å²) in [4.78, 5) is 13.1. The Morgan fingerprint density at radius 2 is 1.94 bits per heavy atom. The van der Waals surface area contributed by atoms with Crippen molar-refractivity contribution >= 4 is 25.8 Å². The van der Waals surface area contributed by atoms with Gasteiger partial charge in [0.05, 0.1) is 11.0 Å². The van der Waals surface area contributed by atoms with Crippen molar-refractivity contribution in [1.29, 1.82) is 0 Å². The molecule has 1 aliphatic rings. The van der Waals surface area contributed by atoms with Gasteiger partial charge in [0.25, 0.3) is 0 Å². The summed E-state index contributed by atoms with van der Waals surface area (Å²) in [5, 5.41) is -0.641. The van der Waals surface area contributed by atoms with Crippen LogP contribution in [0.15, 0.2) is 0 Å². The molecule has 0 aromatic carbocycles. The van der Waals surface area contributed by atoms with Gasteiger partial charge in [-0.1, -0.05) is 0 Å². The lowest BCUT2D eigenvalue weighted by Crippen LogP contribution is -2.50. The number of hydrogen-bond acceptors (Lipinski definition) is 5. The molecular formula is C9H18N2O5S2. The Kier molecular flexibility index (Phi) is 4.39. The molecule has 0 N–H and O–H groups in total. The molecule has 1 atom stereocenters. The third kappa shape index (κ3) is 3.42. The van der Waals surface area contributed by atoms with Crippen LogP contribution < -0.4 is 0 Å². The van der Waals surface area contributed by atoms with Crippen LogP contribution in [0.2, 0.25) is 0 Å². The average Bonchev–Trinajstić information content (AvgIpc) is 2.21. The van der Waals surface area contributed by atoms with Crippen molar-refractivity contribution < 1.29 is 21.6 Å². The van der Waals surface area contributed by atoms with Crippen molar-refractivity contribution in [3.05, 3.63) is 0 Å². The fraction of sp³-hybridized carbons (Fsp3) is 0.889. The SMILES string of the molecule is CC1CN(C(=O)CS(=O)(=O)N(C)C)CCS1(=O)=O. The van der Waals surface area contributed by atoms with Crippen molar-refractivity contribution in [3.8, 4) is 0 Å². The van der Waals surface area contributed by atoms with Gasteiger partial charge in [-0.05, 0) is 6.92 Å². The first-order chi connectivity index (χ1) is 8.06. The Morgan fingerprint density at radius 1 is 1.39 bits per heavy atom. The lowest BCUT2D eigenvalue weighted by Gasteiger charge is -2.31. The van der Waals surface area contributed by atoms with E-state index in [1.165, 1.54) is 25.9 Å². The molecule has 0 bridgehead atoms. The van der Waals surface area contributed by atoms with Crippen LogP contribution >= 0.6 is 0 Å². The quantitative estimate of drug-likeness (QED) is 0.634. The van der Waals surface area contributed by atoms with E-state index in [1.807, 2.05) is 0 Å². The van der Waals surface area contributed by atoms with E-state index in [9.17, 15) is 21.6 Å². The number of sulfone groups is 1. The first kappa shape index (κ1) is 15.4. The average molecular weight is 298 g/mol. The lowest BCUT2D eigenvalue weighted by atomic mass is 10.4. The molecule has 18 heavy (non-hydrogen) atoms. The zero-order valence-corrected chi connectivity index (χ0v) is 12.3. The van der Waals surface area contributed by atoms with E-state index in [1.54, 1.807) is 0 Å². The third-order valence-electron chi connectivity index (χ3n) is 2.95. The van der Waals surface area contributed by atoms with Gasteiger partial charge in [0.1, 0.15) is 5.75 Å². The fourth-order valence-corrected chi connectivity index (χ4v) is 3.59. The first-order valence-corrected chi connectivity index (χ1v) is 8.78. The lowest BCUT2D eigenvalue weighted by molar-refractivity contribution is -0.128. The molecule has 1 fully saturated rings. The molecule has 1 heterocycles. The zero-order chi connectivity index (χ0) is 14.1. The van der Waals surface area contributed by atoms with Gasteiger partial charge in [-0.2, -0.15) is 0 Å². The van der Waals surface area contributed by atoms with E-state index in [2.05, 4.69) is 0 Å². The molecule has 0 aromatic heterocycles. The van der Waals surface area contributed by atoms with E-state index in [0.717, 1.165) is 4.31 Å². The summed E-state index contributed by atoms with van der Waals surface area (Å²) >= 11 is 0. The van der Waals surface area contributed by atoms with E-state index in [0.29, 0.717) is 0 Å². The van der Waals surface area contributed by atoms with Gasteiger partial charge in [0, 0.05) is 27.2 Å². The molecule has 1 saturated heterocycles. The summed E-state index contributed by atoms with van der Waals surface area (Å²) in [5.74, 6) is -1.28. The van der Waals surface area contributed by atoms with E-state index >= 15 is 0 Å². The molecule has 0 aliphatic carbocycles. The summed E-state index contributed by atoms with van der Waals surface area (Å²) in [7, 11) is -4.04. The van der Waals surface area contributed by atoms with E-state index in [4.69, 9.17) is 0 Å². The Bertz CT molecular complexity index is 523. The van der Waals surface area contributed by atoms with Gasteiger partial charge in [0.15, 0.2) is 9.84 Å². The molecule has 0 spiro atoms. The number of carbonyl (C=O) groups is 1. The number of nitrogens with zero attached hydrogens (tertiary/aromatic N) is 2. The molecule has 1 rings (SSSR count). The van der Waals surface area contributed by atoms with Crippen molar-refractivity contribution in [2.24, 2.45) is 0 Å². The van der Waals surface area contributed by atoms with Crippen molar-refractivity contribution in [2.75, 3.05) is 38.7 Å². The maximum atomic E-state index is 11.8. The van der Waals surface area contributed by atoms with Crippen LogP contribution in [-0.2, 0) is 24.7 Å². The Hall–Kier alpha value is -0.670. The van der Waals surface area contributed by atoms with Crippen LogP contribution in [0.1, 0.15) is 6.92 Å². The van der Waals surface area contributed by atoms with Crippen LogP contribution in [0, 0.1) is 0 Å². The van der Waals surface area contributed by atoms with Crippen molar-refractivity contribution in [1.82, 2.24) is 9.21 Å². The second kappa shape index (κ2) is 5.14. The number of hydrogen-bond donors (Lipinski definition) is 0. The minimum atomic E-state index is -3.60. The Labute approximate surface area is 108 Å². The van der Waals surface area contributed by atoms with Crippen molar-refractivity contribution in [3.63, 3.8) is 0 Å². The van der Waals surface area contributed by atoms with Gasteiger partial charge in [-0.3, -0.25) is 4.79 Å². The molecule has 0 saturated carbocycles. The minimum absolute atomic E-state index is 0.0596. The van der Waals surface area contributed by atoms with Crippen LogP contribution in [0.4, 0.5) is 0 Å². The van der Waals surface area contributed by atoms with Crippen molar-refractivity contribution in [2.45, 2.75) is 12.2 Å². The molecule has 0 radical (unpaired) electrons. The Morgan fingerprint density at radius 3 is 2.39 bits per heavy atom. The number of carbonyl (C=O) groups excluding carboxylic acids is 1. The molecule has 1 aliphatic heterocycles. The molecule has 1 amide bonds. The molecule has 106 valence electrons. The number of sulfonamides is 1. The second-order valence-corrected chi connectivity index (χ2v) is 9.28. The molecular weight excluding hydrogens is 280 g/mol. The predicted molar refractivity (Wildman–Crippen MR) is 67.3 cm³/mol. The smallest absolute Gasteiger partial charge is 0.239 e. The first-order valence-electron chi connectivity index (χ1n) is 5.46. The predicted octanol–water partition coefficient (Wildman–Crippen LogP) is -1.48. The summed E-state index contributed by atoms with van der Waals surface area (Å²) in [6.07, 6.45) is 0. The molecule has 7 nitrogen and oxygen atoms in total. The van der Waals surface area contributed by atoms with Crippen LogP contribution in [0.3, 0.4) is 0 Å². The summed E-state index contributed by atoms with van der Waals surface area (Å²) in [5.41, 5.74) is 0. The highest BCUT2D eigenvalue weighted by Gasteiger charge is 2.33. The van der Waals surface area contributed by atoms with Gasteiger partial charge in [-0.15, -0.1) is 0 Å². The topological polar surface area (TPSA) is 91.8 Å². The van der Waals surface area contributed by atoms with Crippen LogP contribution in [0.25, 0.3) is 0 Å². The van der Waals surface area contributed by atoms with E-state index in [-0.39, 0.29) is 18.8 Å². The second-order valence-electron chi connectivity index (χ2n) is 4.56. The van der Waals surface area contributed by atoms with Gasteiger partial charge in [0.2, 0.25) is 15.9 Å². The molecule has 0 aromatic rings. The fourth-order valence-electron chi connectivity index (χ4n) is 1.56. The van der Waals surface area contributed by atoms with Crippen LogP contribution in [0.5, 0.6) is 0 Å². The molecule has 1 unspecified atom stereocenters. The summed E-state index contributed by atoms with van der Waals surface area (Å²) in [6, 6.07) is 0. The maximum absolute atomic E-state index is 11.8. The Balaban J connectivity index is 2.72. The monoisotopic (exact) mass is 298 g/mol.